The predicted molar refractivity (Wildman–Crippen MR) is 59.2 cm³/mol. The van der Waals surface area contributed by atoms with Gasteiger partial charge in [0.15, 0.2) is 0 Å². The second-order valence-electron chi connectivity index (χ2n) is 4.20. The van der Waals surface area contributed by atoms with Gasteiger partial charge in [0.25, 0.3) is 0 Å². The summed E-state index contributed by atoms with van der Waals surface area (Å²) in [5, 5.41) is 0. The van der Waals surface area contributed by atoms with Crippen LogP contribution >= 0.6 is 8.88 Å². The van der Waals surface area contributed by atoms with Crippen LogP contribution in [0.25, 0.3) is 0 Å². The first kappa shape index (κ1) is 9.89. The Morgan fingerprint density at radius 2 is 0.923 bits per heavy atom. The first-order valence-corrected chi connectivity index (χ1v) is 6.61. The molecule has 0 aliphatic carbocycles. The van der Waals surface area contributed by atoms with Gasteiger partial charge in [-0.2, -0.15) is 0 Å². The van der Waals surface area contributed by atoms with Gasteiger partial charge in [-0.1, -0.05) is 12.8 Å². The number of piperidine rings is 2. The van der Waals surface area contributed by atoms with Crippen molar-refractivity contribution in [3.63, 3.8) is 0 Å². The van der Waals surface area contributed by atoms with E-state index in [1.165, 1.54) is 64.7 Å². The molecule has 0 bridgehead atoms. The summed E-state index contributed by atoms with van der Waals surface area (Å²) < 4.78 is 5.32. The van der Waals surface area contributed by atoms with Crippen molar-refractivity contribution in [2.75, 3.05) is 26.2 Å². The van der Waals surface area contributed by atoms with Crippen molar-refractivity contribution in [1.82, 2.24) is 9.34 Å². The van der Waals surface area contributed by atoms with E-state index in [0.29, 0.717) is 0 Å². The van der Waals surface area contributed by atoms with E-state index in [2.05, 4.69) is 9.34 Å². The molecule has 0 aromatic rings. The van der Waals surface area contributed by atoms with Crippen molar-refractivity contribution in [3.8, 4) is 0 Å². The van der Waals surface area contributed by atoms with Gasteiger partial charge in [-0.25, -0.2) is 0 Å². The molecular weight excluding hydrogens is 179 g/mol. The van der Waals surface area contributed by atoms with Gasteiger partial charge in [-0.05, 0) is 25.7 Å². The van der Waals surface area contributed by atoms with Crippen LogP contribution in [-0.4, -0.2) is 35.5 Å². The molecule has 2 fully saturated rings. The molecule has 2 aliphatic rings. The molecule has 0 atom stereocenters. The van der Waals surface area contributed by atoms with E-state index in [0.717, 1.165) is 8.88 Å². The predicted octanol–water partition coefficient (Wildman–Crippen LogP) is 2.47. The Kier molecular flexibility index (Phi) is 4.02. The van der Waals surface area contributed by atoms with E-state index in [1.807, 2.05) is 0 Å². The lowest BCUT2D eigenvalue weighted by Crippen LogP contribution is -2.30. The molecule has 2 rings (SSSR count). The minimum atomic E-state index is 0.997. The third-order valence-corrected chi connectivity index (χ3v) is 4.46. The summed E-state index contributed by atoms with van der Waals surface area (Å²) in [5.41, 5.74) is 0. The monoisotopic (exact) mass is 200 g/mol. The Balaban J connectivity index is 1.69. The largest absolute Gasteiger partial charge is 0.272 e. The van der Waals surface area contributed by atoms with Crippen LogP contribution < -0.4 is 0 Å². The molecule has 0 aromatic heterocycles. The highest BCUT2D eigenvalue weighted by Crippen LogP contribution is 2.29. The normalized spacial score (nSPS) is 27.7. The van der Waals surface area contributed by atoms with Gasteiger partial charge >= 0.3 is 0 Å². The van der Waals surface area contributed by atoms with E-state index in [9.17, 15) is 0 Å². The van der Waals surface area contributed by atoms with Crippen molar-refractivity contribution < 1.29 is 0 Å². The van der Waals surface area contributed by atoms with Crippen molar-refractivity contribution in [1.29, 1.82) is 0 Å². The smallest absolute Gasteiger partial charge is 0.0240 e. The summed E-state index contributed by atoms with van der Waals surface area (Å²) in [6.07, 6.45) is 8.64. The highest BCUT2D eigenvalue weighted by molar-refractivity contribution is 7.32. The minimum Gasteiger partial charge on any atom is -0.272 e. The molecule has 2 saturated heterocycles. The van der Waals surface area contributed by atoms with E-state index in [4.69, 9.17) is 0 Å². The zero-order valence-electron chi connectivity index (χ0n) is 8.47. The van der Waals surface area contributed by atoms with Gasteiger partial charge in [-0.15, -0.1) is 0 Å². The number of nitrogens with zero attached hydrogens (tertiary/aromatic N) is 2. The van der Waals surface area contributed by atoms with Crippen LogP contribution in [0.2, 0.25) is 0 Å². The highest BCUT2D eigenvalue weighted by Gasteiger charge is 2.15. The molecule has 2 aliphatic heterocycles. The Bertz CT molecular complexity index is 124. The van der Waals surface area contributed by atoms with E-state index < -0.39 is 0 Å². The fourth-order valence-electron chi connectivity index (χ4n) is 2.19. The Morgan fingerprint density at radius 3 is 1.31 bits per heavy atom. The first-order valence-electron chi connectivity index (χ1n) is 5.71. The maximum Gasteiger partial charge on any atom is 0.0240 e. The summed E-state index contributed by atoms with van der Waals surface area (Å²) in [6, 6.07) is 0. The minimum absolute atomic E-state index is 0.997. The highest BCUT2D eigenvalue weighted by atomic mass is 31.1. The molecule has 2 heterocycles. The van der Waals surface area contributed by atoms with Crippen molar-refractivity contribution in [2.24, 2.45) is 0 Å². The lowest BCUT2D eigenvalue weighted by molar-refractivity contribution is 0.321. The van der Waals surface area contributed by atoms with E-state index in [1.54, 1.807) is 0 Å². The van der Waals surface area contributed by atoms with Crippen LogP contribution in [-0.2, 0) is 0 Å². The van der Waals surface area contributed by atoms with Crippen LogP contribution in [0, 0.1) is 0 Å². The number of hydrogen-bond acceptors (Lipinski definition) is 2. The molecule has 0 saturated carbocycles. The molecule has 0 radical (unpaired) electrons. The van der Waals surface area contributed by atoms with Crippen LogP contribution in [0.4, 0.5) is 0 Å². The van der Waals surface area contributed by atoms with Crippen LogP contribution in [0.3, 0.4) is 0 Å². The van der Waals surface area contributed by atoms with Gasteiger partial charge in [0, 0.05) is 35.1 Å². The average Bonchev–Trinajstić information content (AvgIpc) is 2.21. The zero-order valence-corrected chi connectivity index (χ0v) is 9.47. The maximum absolute atomic E-state index is 2.66. The molecule has 0 amide bonds. The second-order valence-corrected chi connectivity index (χ2v) is 5.66. The zero-order chi connectivity index (χ0) is 8.93. The molecule has 3 heteroatoms. The lowest BCUT2D eigenvalue weighted by Gasteiger charge is -2.34. The van der Waals surface area contributed by atoms with Crippen LogP contribution in [0.1, 0.15) is 38.5 Å². The molecule has 0 unspecified atom stereocenters. The van der Waals surface area contributed by atoms with Crippen molar-refractivity contribution >= 4 is 8.88 Å². The van der Waals surface area contributed by atoms with E-state index >= 15 is 0 Å². The fourth-order valence-corrected chi connectivity index (χ4v) is 3.62. The summed E-state index contributed by atoms with van der Waals surface area (Å²) >= 11 is 0. The molecule has 0 aromatic carbocycles. The third-order valence-electron chi connectivity index (χ3n) is 2.99. The average molecular weight is 200 g/mol. The Labute approximate surface area is 83.6 Å². The van der Waals surface area contributed by atoms with E-state index in [-0.39, 0.29) is 0 Å². The third kappa shape index (κ3) is 3.19. The maximum atomic E-state index is 2.66. The summed E-state index contributed by atoms with van der Waals surface area (Å²) in [4.78, 5) is 0. The molecule has 76 valence electrons. The summed E-state index contributed by atoms with van der Waals surface area (Å²) in [7, 11) is 0.997. The second kappa shape index (κ2) is 5.29. The fraction of sp³-hybridized carbons (Fsp3) is 1.00. The van der Waals surface area contributed by atoms with Gasteiger partial charge in [0.05, 0.1) is 0 Å². The molecule has 0 spiro atoms. The first-order chi connectivity index (χ1) is 6.45. The van der Waals surface area contributed by atoms with Crippen molar-refractivity contribution in [3.05, 3.63) is 0 Å². The number of hydrogen-bond donors (Lipinski definition) is 0. The molecule has 13 heavy (non-hydrogen) atoms. The van der Waals surface area contributed by atoms with Gasteiger partial charge in [0.2, 0.25) is 0 Å². The Hall–Kier alpha value is 0.350. The van der Waals surface area contributed by atoms with Gasteiger partial charge < -0.3 is 0 Å². The quantitative estimate of drug-likeness (QED) is 0.632. The number of rotatable bonds is 2. The summed E-state index contributed by atoms with van der Waals surface area (Å²) in [6.45, 7) is 5.42. The standard InChI is InChI=1S/C10H21N2P/c1-3-7-11(8-4-1)13-12-9-5-2-6-10-12/h13H,1-10H2. The van der Waals surface area contributed by atoms with Crippen LogP contribution in [0.15, 0.2) is 0 Å². The molecule has 2 nitrogen and oxygen atoms in total. The molecule has 0 N–H and O–H groups in total. The topological polar surface area (TPSA) is 6.48 Å². The lowest BCUT2D eigenvalue weighted by atomic mass is 10.2. The Morgan fingerprint density at radius 1 is 0.538 bits per heavy atom. The summed E-state index contributed by atoms with van der Waals surface area (Å²) in [5.74, 6) is 0. The van der Waals surface area contributed by atoms with Gasteiger partial charge in [0.1, 0.15) is 0 Å². The SMILES string of the molecule is C1CCN(PN2CCCCC2)CC1. The van der Waals surface area contributed by atoms with Crippen molar-refractivity contribution in [2.45, 2.75) is 38.5 Å². The molecular formula is C10H21N2P. The van der Waals surface area contributed by atoms with Crippen LogP contribution in [0.5, 0.6) is 0 Å². The van der Waals surface area contributed by atoms with Gasteiger partial charge in [-0.3, -0.25) is 9.34 Å².